The van der Waals surface area contributed by atoms with E-state index in [-0.39, 0.29) is 6.04 Å². The number of hydrogen-bond donors (Lipinski definition) is 1. The van der Waals surface area contributed by atoms with Gasteiger partial charge in [-0.3, -0.25) is 4.68 Å². The molecule has 4 heteroatoms. The molecule has 1 aromatic carbocycles. The van der Waals surface area contributed by atoms with Crippen LogP contribution in [-0.4, -0.2) is 15.8 Å². The van der Waals surface area contributed by atoms with Crippen LogP contribution in [0.5, 0.6) is 0 Å². The van der Waals surface area contributed by atoms with Crippen LogP contribution in [0, 0.1) is 0 Å². The summed E-state index contributed by atoms with van der Waals surface area (Å²) < 4.78 is 2.99. The van der Waals surface area contributed by atoms with E-state index >= 15 is 0 Å². The molecule has 0 spiro atoms. The van der Waals surface area contributed by atoms with Crippen LogP contribution in [0.25, 0.3) is 11.1 Å². The summed E-state index contributed by atoms with van der Waals surface area (Å²) in [7, 11) is 1.96. The van der Waals surface area contributed by atoms with Crippen LogP contribution in [-0.2, 0) is 13.5 Å². The van der Waals surface area contributed by atoms with Gasteiger partial charge in [-0.05, 0) is 24.6 Å². The molecule has 0 radical (unpaired) electrons. The maximum atomic E-state index is 5.87. The second kappa shape index (κ2) is 5.02. The van der Waals surface area contributed by atoms with Crippen LogP contribution in [0.1, 0.15) is 12.6 Å². The molecule has 1 atom stereocenters. The minimum absolute atomic E-state index is 0.139. The fourth-order valence-electron chi connectivity index (χ4n) is 1.88. The SMILES string of the molecule is CC(N)Cc1c(-c2ccc(Br)cc2)cnn1C. The van der Waals surface area contributed by atoms with Crippen LogP contribution in [0.4, 0.5) is 0 Å². The summed E-state index contributed by atoms with van der Waals surface area (Å²) in [6, 6.07) is 8.40. The second-order valence-corrected chi connectivity index (χ2v) is 5.23. The van der Waals surface area contributed by atoms with Crippen molar-refractivity contribution in [3.63, 3.8) is 0 Å². The predicted octanol–water partition coefficient (Wildman–Crippen LogP) is 2.74. The molecule has 0 aliphatic heterocycles. The van der Waals surface area contributed by atoms with Crippen molar-refractivity contribution in [2.24, 2.45) is 12.8 Å². The van der Waals surface area contributed by atoms with Crippen molar-refractivity contribution < 1.29 is 0 Å². The Hall–Kier alpha value is -1.13. The lowest BCUT2D eigenvalue weighted by molar-refractivity contribution is 0.651. The van der Waals surface area contributed by atoms with E-state index in [1.54, 1.807) is 0 Å². The molecule has 0 amide bonds. The number of nitrogens with two attached hydrogens (primary N) is 1. The van der Waals surface area contributed by atoms with E-state index in [1.165, 1.54) is 11.3 Å². The van der Waals surface area contributed by atoms with E-state index in [9.17, 15) is 0 Å². The van der Waals surface area contributed by atoms with E-state index < -0.39 is 0 Å². The Morgan fingerprint density at radius 1 is 1.35 bits per heavy atom. The highest BCUT2D eigenvalue weighted by Gasteiger charge is 2.11. The number of aromatic nitrogens is 2. The maximum Gasteiger partial charge on any atom is 0.0571 e. The van der Waals surface area contributed by atoms with E-state index in [0.29, 0.717) is 0 Å². The summed E-state index contributed by atoms with van der Waals surface area (Å²) >= 11 is 3.44. The zero-order valence-electron chi connectivity index (χ0n) is 10.0. The maximum absolute atomic E-state index is 5.87. The molecule has 1 heterocycles. The highest BCUT2D eigenvalue weighted by atomic mass is 79.9. The van der Waals surface area contributed by atoms with Gasteiger partial charge in [-0.2, -0.15) is 5.10 Å². The first-order valence-electron chi connectivity index (χ1n) is 5.60. The van der Waals surface area contributed by atoms with Gasteiger partial charge in [0.25, 0.3) is 0 Å². The minimum atomic E-state index is 0.139. The van der Waals surface area contributed by atoms with Crippen molar-refractivity contribution in [1.82, 2.24) is 9.78 Å². The molecule has 1 aromatic heterocycles. The zero-order chi connectivity index (χ0) is 12.4. The largest absolute Gasteiger partial charge is 0.328 e. The number of nitrogens with zero attached hydrogens (tertiary/aromatic N) is 2. The van der Waals surface area contributed by atoms with E-state index in [1.807, 2.05) is 37.0 Å². The summed E-state index contributed by atoms with van der Waals surface area (Å²) in [5.74, 6) is 0. The lowest BCUT2D eigenvalue weighted by Crippen LogP contribution is -2.20. The third-order valence-electron chi connectivity index (χ3n) is 2.73. The first-order valence-corrected chi connectivity index (χ1v) is 6.39. The third-order valence-corrected chi connectivity index (χ3v) is 3.26. The lowest BCUT2D eigenvalue weighted by atomic mass is 10.0. The Morgan fingerprint density at radius 3 is 2.59 bits per heavy atom. The van der Waals surface area contributed by atoms with Crippen LogP contribution in [0.3, 0.4) is 0 Å². The summed E-state index contributed by atoms with van der Waals surface area (Å²) in [6.07, 6.45) is 2.74. The van der Waals surface area contributed by atoms with Gasteiger partial charge in [0.1, 0.15) is 0 Å². The normalized spacial score (nSPS) is 12.7. The van der Waals surface area contributed by atoms with Gasteiger partial charge in [0, 0.05) is 35.2 Å². The Labute approximate surface area is 110 Å². The molecule has 1 unspecified atom stereocenters. The van der Waals surface area contributed by atoms with Crippen LogP contribution >= 0.6 is 15.9 Å². The van der Waals surface area contributed by atoms with Gasteiger partial charge in [0.15, 0.2) is 0 Å². The monoisotopic (exact) mass is 293 g/mol. The van der Waals surface area contributed by atoms with Gasteiger partial charge >= 0.3 is 0 Å². The molecule has 2 rings (SSSR count). The summed E-state index contributed by atoms with van der Waals surface area (Å²) in [6.45, 7) is 2.01. The molecule has 0 fully saturated rings. The molecule has 0 aliphatic rings. The van der Waals surface area contributed by atoms with Gasteiger partial charge in [0.05, 0.1) is 6.20 Å². The molecule has 3 nitrogen and oxygen atoms in total. The Kier molecular flexibility index (Phi) is 3.64. The highest BCUT2D eigenvalue weighted by Crippen LogP contribution is 2.25. The molecule has 90 valence electrons. The third kappa shape index (κ3) is 2.76. The van der Waals surface area contributed by atoms with Gasteiger partial charge in [0.2, 0.25) is 0 Å². The zero-order valence-corrected chi connectivity index (χ0v) is 11.6. The number of hydrogen-bond acceptors (Lipinski definition) is 2. The van der Waals surface area contributed by atoms with Crippen molar-refractivity contribution in [3.05, 3.63) is 40.6 Å². The average molecular weight is 294 g/mol. The molecule has 0 saturated carbocycles. The molecule has 17 heavy (non-hydrogen) atoms. The number of benzene rings is 1. The Balaban J connectivity index is 2.41. The molecular weight excluding hydrogens is 278 g/mol. The Morgan fingerprint density at radius 2 is 2.00 bits per heavy atom. The summed E-state index contributed by atoms with van der Waals surface area (Å²) in [4.78, 5) is 0. The summed E-state index contributed by atoms with van der Waals surface area (Å²) in [5.41, 5.74) is 9.40. The smallest absolute Gasteiger partial charge is 0.0571 e. The molecule has 2 aromatic rings. The van der Waals surface area contributed by atoms with Crippen LogP contribution < -0.4 is 5.73 Å². The first kappa shape index (κ1) is 12.3. The van der Waals surface area contributed by atoms with E-state index in [4.69, 9.17) is 5.73 Å². The molecule has 0 bridgehead atoms. The lowest BCUT2D eigenvalue weighted by Gasteiger charge is -2.09. The fourth-order valence-corrected chi connectivity index (χ4v) is 2.14. The van der Waals surface area contributed by atoms with E-state index in [2.05, 4.69) is 33.2 Å². The Bertz CT molecular complexity index is 500. The van der Waals surface area contributed by atoms with Crippen molar-refractivity contribution in [2.45, 2.75) is 19.4 Å². The first-order chi connectivity index (χ1) is 8.08. The highest BCUT2D eigenvalue weighted by molar-refractivity contribution is 9.10. The molecule has 0 saturated heterocycles. The summed E-state index contributed by atoms with van der Waals surface area (Å²) in [5, 5.41) is 4.32. The predicted molar refractivity (Wildman–Crippen MR) is 73.7 cm³/mol. The van der Waals surface area contributed by atoms with Crippen molar-refractivity contribution in [2.75, 3.05) is 0 Å². The van der Waals surface area contributed by atoms with Crippen molar-refractivity contribution in [1.29, 1.82) is 0 Å². The van der Waals surface area contributed by atoms with Crippen LogP contribution in [0.2, 0.25) is 0 Å². The number of halogens is 1. The topological polar surface area (TPSA) is 43.8 Å². The minimum Gasteiger partial charge on any atom is -0.328 e. The second-order valence-electron chi connectivity index (χ2n) is 4.32. The quantitative estimate of drug-likeness (QED) is 0.946. The number of rotatable bonds is 3. The fraction of sp³-hybridized carbons (Fsp3) is 0.308. The van der Waals surface area contributed by atoms with Crippen molar-refractivity contribution >= 4 is 15.9 Å². The molecule has 2 N–H and O–H groups in total. The van der Waals surface area contributed by atoms with Gasteiger partial charge < -0.3 is 5.73 Å². The molecular formula is C13H16BrN3. The van der Waals surface area contributed by atoms with Crippen LogP contribution in [0.15, 0.2) is 34.9 Å². The van der Waals surface area contributed by atoms with Crippen molar-refractivity contribution in [3.8, 4) is 11.1 Å². The van der Waals surface area contributed by atoms with E-state index in [0.717, 1.165) is 16.5 Å². The van der Waals surface area contributed by atoms with Gasteiger partial charge in [-0.1, -0.05) is 28.1 Å². The molecule has 0 aliphatic carbocycles. The van der Waals surface area contributed by atoms with Gasteiger partial charge in [-0.25, -0.2) is 0 Å². The average Bonchev–Trinajstić information content (AvgIpc) is 2.61. The standard InChI is InChI=1S/C13H16BrN3/c1-9(15)7-13-12(8-16-17(13)2)10-3-5-11(14)6-4-10/h3-6,8-9H,7,15H2,1-2H3. The number of aryl methyl sites for hydroxylation is 1. The van der Waals surface area contributed by atoms with Gasteiger partial charge in [-0.15, -0.1) is 0 Å².